The average Bonchev–Trinajstić information content (AvgIpc) is 4.04. The zero-order chi connectivity index (χ0) is 54.4. The highest BCUT2D eigenvalue weighted by molar-refractivity contribution is 8.18. The van der Waals surface area contributed by atoms with E-state index in [-0.39, 0.29) is 47.7 Å². The van der Waals surface area contributed by atoms with Gasteiger partial charge in [0.2, 0.25) is 11.8 Å². The summed E-state index contributed by atoms with van der Waals surface area (Å²) < 4.78 is 0. The molecular weight excluding hydrogens is 1070 g/mol. The predicted molar refractivity (Wildman–Crippen MR) is 305 cm³/mol. The Morgan fingerprint density at radius 2 is 0.960 bits per heavy atom. The molecule has 19 heteroatoms. The van der Waals surface area contributed by atoms with Crippen molar-refractivity contribution in [2.45, 2.75) is 90.6 Å². The number of amides is 3. The Kier molecular flexibility index (Phi) is 16.9. The van der Waals surface area contributed by atoms with Crippen molar-refractivity contribution < 1.29 is 24.3 Å². The summed E-state index contributed by atoms with van der Waals surface area (Å²) in [6.45, 7) is 18.5. The molecule has 10 rings (SSSR count). The molecule has 4 aromatic carbocycles. The summed E-state index contributed by atoms with van der Waals surface area (Å²) in [7, 11) is 3.75. The molecule has 0 aromatic heterocycles. The molecule has 2 saturated heterocycles. The number of aliphatic carboxylic acids is 1. The summed E-state index contributed by atoms with van der Waals surface area (Å²) in [4.78, 5) is 69.0. The van der Waals surface area contributed by atoms with Gasteiger partial charge in [0.25, 0.3) is 5.91 Å². The first-order valence-electron chi connectivity index (χ1n) is 24.8. The fourth-order valence-corrected chi connectivity index (χ4v) is 13.5. The van der Waals surface area contributed by atoms with Crippen molar-refractivity contribution >= 4 is 104 Å². The van der Waals surface area contributed by atoms with Crippen molar-refractivity contribution in [1.29, 1.82) is 0 Å². The summed E-state index contributed by atoms with van der Waals surface area (Å²) >= 11 is 27.4. The number of amidine groups is 2. The number of halogens is 4. The number of allylic oxidation sites excluding steroid dienone is 2. The number of carboxylic acid groups (broad SMARTS) is 1. The zero-order valence-electron chi connectivity index (χ0n) is 43.6. The number of nitrogens with zero attached hydrogens (tertiary/aromatic N) is 7. The molecule has 0 radical (unpaired) electrons. The molecule has 0 spiro atoms. The van der Waals surface area contributed by atoms with Crippen LogP contribution in [-0.4, -0.2) is 116 Å². The third kappa shape index (κ3) is 11.1. The first-order chi connectivity index (χ1) is 35.5. The summed E-state index contributed by atoms with van der Waals surface area (Å²) in [6, 6.07) is 31.3. The number of carboxylic acids is 1. The third-order valence-corrected chi connectivity index (χ3v) is 17.8. The van der Waals surface area contributed by atoms with Crippen LogP contribution >= 0.6 is 69.9 Å². The topological polar surface area (TPSA) is 141 Å². The molecular formula is C56H62Cl4N8O5S2. The van der Waals surface area contributed by atoms with Gasteiger partial charge >= 0.3 is 5.97 Å². The molecule has 4 aromatic rings. The highest BCUT2D eigenvalue weighted by Gasteiger charge is 2.55. The van der Waals surface area contributed by atoms with Crippen molar-refractivity contribution in [2.24, 2.45) is 21.8 Å². The number of nitrogens with one attached hydrogen (secondary N) is 1. The van der Waals surface area contributed by atoms with Crippen molar-refractivity contribution in [3.63, 3.8) is 0 Å². The molecule has 0 unspecified atom stereocenters. The minimum Gasteiger partial charge on any atom is -0.477 e. The Balaban J connectivity index is 0.000000174. The number of thioether (sulfide) groups is 2. The van der Waals surface area contributed by atoms with Crippen LogP contribution in [-0.2, 0) is 30.3 Å². The van der Waals surface area contributed by atoms with E-state index >= 15 is 0 Å². The second kappa shape index (κ2) is 22.5. The van der Waals surface area contributed by atoms with Crippen LogP contribution in [0, 0.1) is 11.8 Å². The van der Waals surface area contributed by atoms with E-state index in [4.69, 9.17) is 56.4 Å². The molecule has 0 saturated carbocycles. The van der Waals surface area contributed by atoms with E-state index in [1.807, 2.05) is 130 Å². The fourth-order valence-electron chi connectivity index (χ4n) is 10.3. The molecule has 6 heterocycles. The Morgan fingerprint density at radius 1 is 0.613 bits per heavy atom. The summed E-state index contributed by atoms with van der Waals surface area (Å²) in [6.07, 6.45) is 0. The molecule has 75 heavy (non-hydrogen) atoms. The lowest BCUT2D eigenvalue weighted by molar-refractivity contribution is -0.141. The van der Waals surface area contributed by atoms with Gasteiger partial charge in [0.05, 0.1) is 18.1 Å². The second-order valence-electron chi connectivity index (χ2n) is 20.4. The maximum absolute atomic E-state index is 13.8. The smallest absolute Gasteiger partial charge is 0.344 e. The summed E-state index contributed by atoms with van der Waals surface area (Å²) in [5.41, 5.74) is 4.71. The zero-order valence-corrected chi connectivity index (χ0v) is 48.2. The van der Waals surface area contributed by atoms with E-state index in [0.29, 0.717) is 54.2 Å². The number of benzene rings is 4. The minimum atomic E-state index is -0.918. The average molecular weight is 1130 g/mol. The normalized spacial score (nSPS) is 23.0. The van der Waals surface area contributed by atoms with Crippen molar-refractivity contribution in [2.75, 3.05) is 40.3 Å². The van der Waals surface area contributed by atoms with Crippen LogP contribution in [0.5, 0.6) is 0 Å². The Hall–Kier alpha value is -5.00. The number of carbonyl (C=O) groups is 4. The predicted octanol–water partition coefficient (Wildman–Crippen LogP) is 11.7. The molecule has 6 aliphatic heterocycles. The van der Waals surface area contributed by atoms with Gasteiger partial charge in [-0.25, -0.2) is 14.8 Å². The van der Waals surface area contributed by atoms with E-state index in [1.54, 1.807) is 23.6 Å². The van der Waals surface area contributed by atoms with Gasteiger partial charge < -0.3 is 34.9 Å². The van der Waals surface area contributed by atoms with Gasteiger partial charge in [-0.2, -0.15) is 0 Å². The van der Waals surface area contributed by atoms with Gasteiger partial charge in [0.1, 0.15) is 20.9 Å². The molecule has 2 fully saturated rings. The van der Waals surface area contributed by atoms with Crippen LogP contribution in [0.4, 0.5) is 0 Å². The van der Waals surface area contributed by atoms with Gasteiger partial charge in [-0.15, -0.1) is 0 Å². The lowest BCUT2D eigenvalue weighted by Gasteiger charge is -2.43. The maximum atomic E-state index is 13.8. The van der Waals surface area contributed by atoms with Gasteiger partial charge in [-0.05, 0) is 127 Å². The van der Waals surface area contributed by atoms with E-state index in [2.05, 4.69) is 42.8 Å². The summed E-state index contributed by atoms with van der Waals surface area (Å²) in [5, 5.41) is 17.1. The van der Waals surface area contributed by atoms with Crippen molar-refractivity contribution in [3.05, 3.63) is 161 Å². The number of carbonyl (C=O) groups excluding carboxylic acids is 3. The lowest BCUT2D eigenvalue weighted by Crippen LogP contribution is -2.61. The van der Waals surface area contributed by atoms with Crippen LogP contribution in [0.1, 0.15) is 89.7 Å². The number of likely N-dealkylation sites (tertiary alicyclic amines) is 2. The number of hydrogen-bond acceptors (Lipinski definition) is 11. The van der Waals surface area contributed by atoms with Crippen LogP contribution < -0.4 is 5.32 Å². The molecule has 396 valence electrons. The standard InChI is InChI=1S/C28H30Cl2N4O2S.C22H20Cl2N2O2S.C6H12N2O/c1-16(2)23-24(26(36)32(5)22-14-33(15-22)17(3)35)37-27-31-28(4,19-8-12-21(30)13-9-19)25(34(23)27)18-6-10-20(29)11-7-18;1-12(2)17-18(20(27)28)29-21-25-22(3,14-6-10-16(24)11-7-14)19(26(17)21)13-4-8-15(23)9-5-13;1-5(9)8-3-6(4-8)7-2/h6-13,16,22,25H,14-15H2,1-5H3;4-12,19H,1-3H3,(H,27,28);6-7H,3-4H2,1-2H3/t25-,28+;19-,22+;/m11./s1. The van der Waals surface area contributed by atoms with Gasteiger partial charge in [0, 0.05) is 84.6 Å². The van der Waals surface area contributed by atoms with Crippen LogP contribution in [0.25, 0.3) is 0 Å². The van der Waals surface area contributed by atoms with Crippen molar-refractivity contribution in [3.8, 4) is 0 Å². The van der Waals surface area contributed by atoms with E-state index in [1.165, 1.54) is 23.5 Å². The Bertz CT molecular complexity index is 2980. The number of rotatable bonds is 10. The Morgan fingerprint density at radius 3 is 1.31 bits per heavy atom. The highest BCUT2D eigenvalue weighted by Crippen LogP contribution is 2.58. The second-order valence-corrected chi connectivity index (χ2v) is 24.1. The highest BCUT2D eigenvalue weighted by atomic mass is 35.5. The lowest BCUT2D eigenvalue weighted by atomic mass is 9.81. The minimum absolute atomic E-state index is 0.0155. The SMILES string of the molecule is CC(=O)N1CC(N(C)C(=O)C2=C(C(C)C)N3C(=N[C@@](C)(c4ccc(Cl)cc4)[C@H]3c3ccc(Cl)cc3)S2)C1.CC(C)C1=C(C(=O)O)SC2=N[C@@](C)(c3ccc(Cl)cc3)[C@@H](c3ccc(Cl)cc3)N21.CNC1CN(C(C)=O)C1. The van der Waals surface area contributed by atoms with Gasteiger partial charge in [-0.3, -0.25) is 14.4 Å². The molecule has 0 bridgehead atoms. The number of likely N-dealkylation sites (N-methyl/N-ethyl adjacent to an activating group) is 2. The van der Waals surface area contributed by atoms with E-state index in [0.717, 1.165) is 51.9 Å². The van der Waals surface area contributed by atoms with Gasteiger partial charge in [-0.1, -0.05) is 123 Å². The molecule has 6 aliphatic rings. The first kappa shape index (κ1) is 56.2. The van der Waals surface area contributed by atoms with Crippen LogP contribution in [0.3, 0.4) is 0 Å². The number of hydrogen-bond donors (Lipinski definition) is 2. The molecule has 2 N–H and O–H groups in total. The maximum Gasteiger partial charge on any atom is 0.344 e. The molecule has 0 aliphatic carbocycles. The third-order valence-electron chi connectivity index (χ3n) is 14.6. The van der Waals surface area contributed by atoms with E-state index in [9.17, 15) is 24.3 Å². The largest absolute Gasteiger partial charge is 0.477 e. The molecule has 13 nitrogen and oxygen atoms in total. The fraction of sp³-hybridized carbons (Fsp3) is 0.393. The number of aliphatic imine (C=N–C) groups is 2. The summed E-state index contributed by atoms with van der Waals surface area (Å²) in [5.74, 6) is -0.604. The van der Waals surface area contributed by atoms with Crippen molar-refractivity contribution in [1.82, 2.24) is 29.8 Å². The van der Waals surface area contributed by atoms with Gasteiger partial charge in [0.15, 0.2) is 10.3 Å². The van der Waals surface area contributed by atoms with Crippen LogP contribution in [0.15, 0.2) is 128 Å². The van der Waals surface area contributed by atoms with E-state index < -0.39 is 17.0 Å². The van der Waals surface area contributed by atoms with Crippen LogP contribution in [0.2, 0.25) is 20.1 Å². The molecule has 3 amide bonds. The molecule has 4 atom stereocenters. The first-order valence-corrected chi connectivity index (χ1v) is 28.0. The quantitative estimate of drug-likeness (QED) is 0.158. The number of fused-ring (bicyclic) bond motifs is 2. The Labute approximate surface area is 468 Å². The monoisotopic (exact) mass is 1130 g/mol.